The maximum atomic E-state index is 12.6. The molecule has 1 heterocycles. The second-order valence-corrected chi connectivity index (χ2v) is 6.47. The van der Waals surface area contributed by atoms with Gasteiger partial charge < -0.3 is 10.2 Å². The lowest BCUT2D eigenvalue weighted by Crippen LogP contribution is -2.41. The van der Waals surface area contributed by atoms with Gasteiger partial charge in [0.2, 0.25) is 10.0 Å². The van der Waals surface area contributed by atoms with E-state index in [-0.39, 0.29) is 0 Å². The molecule has 0 aromatic heterocycles. The Balaban J connectivity index is 2.45. The van der Waals surface area contributed by atoms with E-state index in [1.807, 2.05) is 0 Å². The molecule has 1 fully saturated rings. The van der Waals surface area contributed by atoms with E-state index in [0.29, 0.717) is 48.0 Å². The third kappa shape index (κ3) is 2.74. The highest BCUT2D eigenvalue weighted by Crippen LogP contribution is 2.27. The van der Waals surface area contributed by atoms with Crippen LogP contribution in [0.15, 0.2) is 17.0 Å². The van der Waals surface area contributed by atoms with Crippen LogP contribution in [0.3, 0.4) is 0 Å². The molecule has 0 amide bonds. The molecule has 0 bridgehead atoms. The predicted octanol–water partition coefficient (Wildman–Crippen LogP) is 0.610. The van der Waals surface area contributed by atoms with Crippen LogP contribution >= 0.6 is 0 Å². The van der Waals surface area contributed by atoms with E-state index in [2.05, 4.69) is 5.43 Å². The number of morpholine rings is 1. The highest BCUT2D eigenvalue weighted by Gasteiger charge is 2.29. The fourth-order valence-corrected chi connectivity index (χ4v) is 4.18. The summed E-state index contributed by atoms with van der Waals surface area (Å²) in [6.45, 7) is 5.25. The van der Waals surface area contributed by atoms with E-state index in [1.165, 1.54) is 4.31 Å². The van der Waals surface area contributed by atoms with Gasteiger partial charge in [0.15, 0.2) is 0 Å². The number of sulfonamides is 1. The summed E-state index contributed by atoms with van der Waals surface area (Å²) >= 11 is 0. The molecule has 1 aromatic rings. The van der Waals surface area contributed by atoms with Gasteiger partial charge in [-0.3, -0.25) is 5.84 Å². The van der Waals surface area contributed by atoms with Gasteiger partial charge in [0.1, 0.15) is 0 Å². The molecule has 19 heavy (non-hydrogen) atoms. The average molecular weight is 285 g/mol. The Labute approximate surface area is 113 Å². The number of aryl methyl sites for hydroxylation is 2. The molecular weight excluding hydrogens is 266 g/mol. The zero-order chi connectivity index (χ0) is 14.0. The van der Waals surface area contributed by atoms with Crippen LogP contribution in [0.2, 0.25) is 0 Å². The van der Waals surface area contributed by atoms with Crippen LogP contribution in [0.1, 0.15) is 11.1 Å². The number of benzene rings is 1. The Hall–Kier alpha value is -1.15. The molecule has 1 saturated heterocycles. The first-order valence-corrected chi connectivity index (χ1v) is 7.56. The highest BCUT2D eigenvalue weighted by atomic mass is 32.2. The van der Waals surface area contributed by atoms with Crippen molar-refractivity contribution in [2.75, 3.05) is 31.7 Å². The summed E-state index contributed by atoms with van der Waals surface area (Å²) in [5.74, 6) is 5.36. The molecule has 1 aromatic carbocycles. The second-order valence-electron chi connectivity index (χ2n) is 4.60. The number of ether oxygens (including phenoxy) is 1. The van der Waals surface area contributed by atoms with Gasteiger partial charge in [-0.1, -0.05) is 0 Å². The number of nitrogens with two attached hydrogens (primary N) is 1. The fraction of sp³-hybridized carbons (Fsp3) is 0.500. The van der Waals surface area contributed by atoms with Gasteiger partial charge in [-0.15, -0.1) is 0 Å². The molecule has 1 aliphatic heterocycles. The van der Waals surface area contributed by atoms with Gasteiger partial charge in [0.05, 0.1) is 18.1 Å². The number of nitrogen functional groups attached to an aromatic ring is 1. The van der Waals surface area contributed by atoms with E-state index in [9.17, 15) is 8.42 Å². The third-order valence-electron chi connectivity index (χ3n) is 3.19. The van der Waals surface area contributed by atoms with Crippen molar-refractivity contribution < 1.29 is 13.2 Å². The minimum absolute atomic E-state index is 0.369. The van der Waals surface area contributed by atoms with Crippen molar-refractivity contribution >= 4 is 15.7 Å². The van der Waals surface area contributed by atoms with Gasteiger partial charge in [-0.05, 0) is 37.1 Å². The van der Waals surface area contributed by atoms with Crippen LogP contribution in [0.5, 0.6) is 0 Å². The van der Waals surface area contributed by atoms with E-state index in [4.69, 9.17) is 10.6 Å². The Bertz CT molecular complexity index is 543. The van der Waals surface area contributed by atoms with Gasteiger partial charge in [-0.25, -0.2) is 8.42 Å². The molecule has 1 aliphatic rings. The van der Waals surface area contributed by atoms with Crippen molar-refractivity contribution in [1.82, 2.24) is 4.31 Å². The van der Waals surface area contributed by atoms with Gasteiger partial charge in [0.25, 0.3) is 0 Å². The number of rotatable bonds is 3. The zero-order valence-electron chi connectivity index (χ0n) is 11.1. The summed E-state index contributed by atoms with van der Waals surface area (Å²) in [5, 5.41) is 0. The second kappa shape index (κ2) is 5.46. The minimum atomic E-state index is -3.46. The SMILES string of the molecule is Cc1cc(NN)cc(C)c1S(=O)(=O)N1CCOCC1. The summed E-state index contributed by atoms with van der Waals surface area (Å²) in [7, 11) is -3.46. The van der Waals surface area contributed by atoms with Crippen LogP contribution in [-0.4, -0.2) is 39.0 Å². The Morgan fingerprint density at radius 3 is 2.21 bits per heavy atom. The van der Waals surface area contributed by atoms with Crippen LogP contribution < -0.4 is 11.3 Å². The molecule has 6 nitrogen and oxygen atoms in total. The first kappa shape index (κ1) is 14.3. The Morgan fingerprint density at radius 2 is 1.74 bits per heavy atom. The molecule has 2 rings (SSSR count). The molecule has 0 saturated carbocycles. The van der Waals surface area contributed by atoms with Crippen LogP contribution in [-0.2, 0) is 14.8 Å². The number of hydrogen-bond donors (Lipinski definition) is 2. The largest absolute Gasteiger partial charge is 0.379 e. The van der Waals surface area contributed by atoms with E-state index < -0.39 is 10.0 Å². The van der Waals surface area contributed by atoms with Gasteiger partial charge in [0, 0.05) is 18.8 Å². The van der Waals surface area contributed by atoms with Crippen LogP contribution in [0, 0.1) is 13.8 Å². The van der Waals surface area contributed by atoms with Crippen molar-refractivity contribution in [3.8, 4) is 0 Å². The molecule has 0 radical (unpaired) electrons. The smallest absolute Gasteiger partial charge is 0.243 e. The molecule has 3 N–H and O–H groups in total. The summed E-state index contributed by atoms with van der Waals surface area (Å²) in [6.07, 6.45) is 0. The number of nitrogens with one attached hydrogen (secondary N) is 1. The number of hydrazine groups is 1. The number of nitrogens with zero attached hydrogens (tertiary/aromatic N) is 1. The maximum Gasteiger partial charge on any atom is 0.243 e. The monoisotopic (exact) mass is 285 g/mol. The van der Waals surface area contributed by atoms with Crippen LogP contribution in [0.4, 0.5) is 5.69 Å². The zero-order valence-corrected chi connectivity index (χ0v) is 12.0. The summed E-state index contributed by atoms with van der Waals surface area (Å²) in [6, 6.07) is 3.47. The quantitative estimate of drug-likeness (QED) is 0.628. The van der Waals surface area contributed by atoms with Crippen molar-refractivity contribution in [2.45, 2.75) is 18.7 Å². The standard InChI is InChI=1S/C12H19N3O3S/c1-9-7-11(14-13)8-10(2)12(9)19(16,17)15-3-5-18-6-4-15/h7-8,14H,3-6,13H2,1-2H3. The number of anilines is 1. The predicted molar refractivity (Wildman–Crippen MR) is 73.3 cm³/mol. The van der Waals surface area contributed by atoms with Crippen molar-refractivity contribution in [1.29, 1.82) is 0 Å². The Kier molecular flexibility index (Phi) is 4.10. The highest BCUT2D eigenvalue weighted by molar-refractivity contribution is 7.89. The lowest BCUT2D eigenvalue weighted by atomic mass is 10.1. The molecule has 0 atom stereocenters. The molecular formula is C12H19N3O3S. The summed E-state index contributed by atoms with van der Waals surface area (Å²) < 4.78 is 32.0. The third-order valence-corrected chi connectivity index (χ3v) is 5.40. The van der Waals surface area contributed by atoms with Crippen molar-refractivity contribution in [3.63, 3.8) is 0 Å². The molecule has 7 heteroatoms. The van der Waals surface area contributed by atoms with Crippen molar-refractivity contribution in [3.05, 3.63) is 23.3 Å². The lowest BCUT2D eigenvalue weighted by molar-refractivity contribution is 0.0730. The fourth-order valence-electron chi connectivity index (χ4n) is 2.36. The minimum Gasteiger partial charge on any atom is -0.379 e. The summed E-state index contributed by atoms with van der Waals surface area (Å²) in [4.78, 5) is 0.369. The topological polar surface area (TPSA) is 84.7 Å². The molecule has 0 unspecified atom stereocenters. The normalized spacial score (nSPS) is 17.4. The lowest BCUT2D eigenvalue weighted by Gasteiger charge is -2.27. The molecule has 0 spiro atoms. The van der Waals surface area contributed by atoms with E-state index in [1.54, 1.807) is 26.0 Å². The average Bonchev–Trinajstić information content (AvgIpc) is 2.38. The number of hydrogen-bond acceptors (Lipinski definition) is 5. The van der Waals surface area contributed by atoms with Crippen molar-refractivity contribution in [2.24, 2.45) is 5.84 Å². The van der Waals surface area contributed by atoms with E-state index >= 15 is 0 Å². The molecule has 106 valence electrons. The first-order chi connectivity index (χ1) is 8.96. The Morgan fingerprint density at radius 1 is 1.21 bits per heavy atom. The summed E-state index contributed by atoms with van der Waals surface area (Å²) in [5.41, 5.74) is 4.63. The van der Waals surface area contributed by atoms with Crippen LogP contribution in [0.25, 0.3) is 0 Å². The van der Waals surface area contributed by atoms with E-state index in [0.717, 1.165) is 0 Å². The maximum absolute atomic E-state index is 12.6. The van der Waals surface area contributed by atoms with Gasteiger partial charge in [-0.2, -0.15) is 4.31 Å². The molecule has 0 aliphatic carbocycles. The van der Waals surface area contributed by atoms with Gasteiger partial charge >= 0.3 is 0 Å². The first-order valence-electron chi connectivity index (χ1n) is 6.12.